The highest BCUT2D eigenvalue weighted by atomic mass is 15.0. The van der Waals surface area contributed by atoms with Crippen LogP contribution in [-0.4, -0.2) is 19.1 Å². The molecule has 9 aromatic carbocycles. The molecule has 12 aromatic rings. The van der Waals surface area contributed by atoms with Crippen LogP contribution in [0.5, 0.6) is 0 Å². The summed E-state index contributed by atoms with van der Waals surface area (Å²) in [5, 5.41) is 4.87. The summed E-state index contributed by atoms with van der Waals surface area (Å²) < 4.78 is 4.88. The van der Waals surface area contributed by atoms with Crippen molar-refractivity contribution >= 4 is 43.6 Å². The van der Waals surface area contributed by atoms with Gasteiger partial charge in [0.1, 0.15) is 0 Å². The van der Waals surface area contributed by atoms with Crippen molar-refractivity contribution in [2.75, 3.05) is 0 Å². The second-order valence-corrected chi connectivity index (χ2v) is 17.8. The van der Waals surface area contributed by atoms with Gasteiger partial charge in [0.2, 0.25) is 0 Å². The standard InChI is InChI=1S/C61H42N4/c1-61(2)50-27-15-12-25-46(50)58-51(61)37-49(53-38-52(40-18-6-3-7-19-40)62-60(63-53)41-20-8-4-9-21-41)57-47-26-14-17-29-55(47)65(59(57)58)44-33-30-39(31-34-44)42-32-35-56-48(36-42)45-24-13-16-28-54(45)64(56)43-22-10-5-11-23-43/h3-38H,1-2H3. The number of nitrogens with zero attached hydrogens (tertiary/aromatic N) is 4. The lowest BCUT2D eigenvalue weighted by atomic mass is 9.81. The number of para-hydroxylation sites is 3. The van der Waals surface area contributed by atoms with Crippen molar-refractivity contribution in [2.24, 2.45) is 0 Å². The molecule has 0 saturated heterocycles. The van der Waals surface area contributed by atoms with E-state index in [4.69, 9.17) is 9.97 Å². The Morgan fingerprint density at radius 3 is 1.69 bits per heavy atom. The van der Waals surface area contributed by atoms with Crippen LogP contribution >= 0.6 is 0 Å². The number of benzene rings is 9. The summed E-state index contributed by atoms with van der Waals surface area (Å²) in [7, 11) is 0. The molecule has 0 unspecified atom stereocenters. The maximum absolute atomic E-state index is 5.44. The van der Waals surface area contributed by atoms with Crippen molar-refractivity contribution in [3.05, 3.63) is 230 Å². The highest BCUT2D eigenvalue weighted by molar-refractivity contribution is 6.21. The lowest BCUT2D eigenvalue weighted by Gasteiger charge is -2.23. The Morgan fingerprint density at radius 2 is 0.938 bits per heavy atom. The Hall–Kier alpha value is -8.34. The van der Waals surface area contributed by atoms with Crippen LogP contribution in [0, 0.1) is 0 Å². The van der Waals surface area contributed by atoms with Crippen LogP contribution in [-0.2, 0) is 5.41 Å². The van der Waals surface area contributed by atoms with Gasteiger partial charge in [-0.25, -0.2) is 9.97 Å². The average Bonchev–Trinajstić information content (AvgIpc) is 3.97. The van der Waals surface area contributed by atoms with Crippen molar-refractivity contribution in [1.29, 1.82) is 0 Å². The van der Waals surface area contributed by atoms with Crippen LogP contribution in [0.3, 0.4) is 0 Å². The Kier molecular flexibility index (Phi) is 8.22. The highest BCUT2D eigenvalue weighted by Crippen LogP contribution is 2.55. The molecule has 0 aliphatic heterocycles. The van der Waals surface area contributed by atoms with Crippen LogP contribution in [0.1, 0.15) is 25.0 Å². The molecule has 4 heteroatoms. The van der Waals surface area contributed by atoms with Crippen molar-refractivity contribution in [2.45, 2.75) is 19.3 Å². The average molecular weight is 831 g/mol. The van der Waals surface area contributed by atoms with Gasteiger partial charge in [0.05, 0.1) is 33.5 Å². The molecule has 0 saturated carbocycles. The first kappa shape index (κ1) is 37.2. The summed E-state index contributed by atoms with van der Waals surface area (Å²) in [5.41, 5.74) is 19.3. The molecule has 0 bridgehead atoms. The molecule has 4 nitrogen and oxygen atoms in total. The Balaban J connectivity index is 1.05. The number of rotatable bonds is 6. The van der Waals surface area contributed by atoms with Gasteiger partial charge in [-0.1, -0.05) is 172 Å². The molecule has 306 valence electrons. The van der Waals surface area contributed by atoms with Gasteiger partial charge in [-0.2, -0.15) is 0 Å². The van der Waals surface area contributed by atoms with E-state index in [1.54, 1.807) is 0 Å². The molecule has 3 aromatic heterocycles. The van der Waals surface area contributed by atoms with Gasteiger partial charge in [0.25, 0.3) is 0 Å². The minimum Gasteiger partial charge on any atom is -0.309 e. The summed E-state index contributed by atoms with van der Waals surface area (Å²) in [6, 6.07) is 78.8. The zero-order chi connectivity index (χ0) is 43.2. The van der Waals surface area contributed by atoms with Gasteiger partial charge >= 0.3 is 0 Å². The zero-order valence-corrected chi connectivity index (χ0v) is 36.1. The van der Waals surface area contributed by atoms with Gasteiger partial charge in [-0.05, 0) is 88.5 Å². The van der Waals surface area contributed by atoms with Crippen molar-refractivity contribution < 1.29 is 0 Å². The molecule has 65 heavy (non-hydrogen) atoms. The fourth-order valence-corrected chi connectivity index (χ4v) is 10.7. The topological polar surface area (TPSA) is 35.6 Å². The SMILES string of the molecule is CC1(C)c2ccccc2-c2c1cc(-c1cc(-c3ccccc3)nc(-c3ccccc3)n1)c1c3ccccc3n(-c3ccc(-c4ccc5c(c4)c4ccccc4n5-c4ccccc4)cc3)c21. The molecule has 0 N–H and O–H groups in total. The minimum atomic E-state index is -0.250. The summed E-state index contributed by atoms with van der Waals surface area (Å²) in [6.07, 6.45) is 0. The first-order valence-electron chi connectivity index (χ1n) is 22.4. The monoisotopic (exact) mass is 830 g/mol. The van der Waals surface area contributed by atoms with E-state index in [1.165, 1.54) is 71.5 Å². The predicted molar refractivity (Wildman–Crippen MR) is 270 cm³/mol. The van der Waals surface area contributed by atoms with E-state index in [-0.39, 0.29) is 5.41 Å². The highest BCUT2D eigenvalue weighted by Gasteiger charge is 2.39. The fraction of sp³-hybridized carbons (Fsp3) is 0.0492. The van der Waals surface area contributed by atoms with E-state index in [2.05, 4.69) is 235 Å². The van der Waals surface area contributed by atoms with Crippen molar-refractivity contribution in [3.8, 4) is 67.5 Å². The first-order chi connectivity index (χ1) is 32.0. The van der Waals surface area contributed by atoms with E-state index < -0.39 is 0 Å². The van der Waals surface area contributed by atoms with Crippen LogP contribution in [0.2, 0.25) is 0 Å². The quantitative estimate of drug-likeness (QED) is 0.167. The van der Waals surface area contributed by atoms with Crippen molar-refractivity contribution in [1.82, 2.24) is 19.1 Å². The molecule has 0 spiro atoms. The molecule has 0 fully saturated rings. The lowest BCUT2D eigenvalue weighted by Crippen LogP contribution is -2.15. The maximum Gasteiger partial charge on any atom is 0.160 e. The predicted octanol–water partition coefficient (Wildman–Crippen LogP) is 15.6. The summed E-state index contributed by atoms with van der Waals surface area (Å²) in [5.74, 6) is 0.709. The third-order valence-electron chi connectivity index (χ3n) is 13.7. The molecular weight excluding hydrogens is 789 g/mol. The number of hydrogen-bond donors (Lipinski definition) is 0. The third-order valence-corrected chi connectivity index (χ3v) is 13.7. The lowest BCUT2D eigenvalue weighted by molar-refractivity contribution is 0.661. The van der Waals surface area contributed by atoms with Gasteiger partial charge in [-0.15, -0.1) is 0 Å². The Labute approximate surface area is 377 Å². The molecule has 0 radical (unpaired) electrons. The van der Waals surface area contributed by atoms with Crippen LogP contribution < -0.4 is 0 Å². The number of hydrogen-bond acceptors (Lipinski definition) is 2. The number of aromatic nitrogens is 4. The Bertz CT molecular complexity index is 3760. The summed E-state index contributed by atoms with van der Waals surface area (Å²) in [4.78, 5) is 10.6. The van der Waals surface area contributed by atoms with Gasteiger partial charge in [0, 0.05) is 60.6 Å². The van der Waals surface area contributed by atoms with Gasteiger partial charge < -0.3 is 9.13 Å². The third kappa shape index (κ3) is 5.70. The van der Waals surface area contributed by atoms with Crippen molar-refractivity contribution in [3.63, 3.8) is 0 Å². The molecule has 1 aliphatic rings. The fourth-order valence-electron chi connectivity index (χ4n) is 10.7. The smallest absolute Gasteiger partial charge is 0.160 e. The second-order valence-electron chi connectivity index (χ2n) is 17.8. The van der Waals surface area contributed by atoms with E-state index in [0.29, 0.717) is 5.82 Å². The second kappa shape index (κ2) is 14.3. The zero-order valence-electron chi connectivity index (χ0n) is 36.1. The Morgan fingerprint density at radius 1 is 0.369 bits per heavy atom. The first-order valence-corrected chi connectivity index (χ1v) is 22.4. The largest absolute Gasteiger partial charge is 0.309 e. The van der Waals surface area contributed by atoms with Gasteiger partial charge in [0.15, 0.2) is 5.82 Å². The summed E-state index contributed by atoms with van der Waals surface area (Å²) >= 11 is 0. The van der Waals surface area contributed by atoms with Crippen LogP contribution in [0.25, 0.3) is 111 Å². The van der Waals surface area contributed by atoms with Gasteiger partial charge in [-0.3, -0.25) is 0 Å². The van der Waals surface area contributed by atoms with Crippen LogP contribution in [0.15, 0.2) is 218 Å². The van der Waals surface area contributed by atoms with Crippen LogP contribution in [0.4, 0.5) is 0 Å². The van der Waals surface area contributed by atoms with E-state index >= 15 is 0 Å². The van der Waals surface area contributed by atoms with E-state index in [0.717, 1.165) is 45.0 Å². The normalized spacial score (nSPS) is 12.9. The van der Waals surface area contributed by atoms with E-state index in [9.17, 15) is 0 Å². The molecule has 0 amide bonds. The number of fused-ring (bicyclic) bond motifs is 10. The molecule has 13 rings (SSSR count). The van der Waals surface area contributed by atoms with E-state index in [1.807, 2.05) is 6.07 Å². The molecule has 3 heterocycles. The summed E-state index contributed by atoms with van der Waals surface area (Å²) in [6.45, 7) is 4.74. The molecular formula is C61H42N4. The molecule has 1 aliphatic carbocycles. The molecule has 0 atom stereocenters. The minimum absolute atomic E-state index is 0.250. The maximum atomic E-state index is 5.44.